The van der Waals surface area contributed by atoms with Gasteiger partial charge in [-0.25, -0.2) is 9.97 Å². The summed E-state index contributed by atoms with van der Waals surface area (Å²) >= 11 is 0. The van der Waals surface area contributed by atoms with Crippen LogP contribution >= 0.6 is 0 Å². The van der Waals surface area contributed by atoms with Crippen LogP contribution in [0.15, 0.2) is 109 Å². The van der Waals surface area contributed by atoms with Crippen LogP contribution in [-0.4, -0.2) is 9.97 Å². The van der Waals surface area contributed by atoms with Gasteiger partial charge in [0.05, 0.1) is 11.2 Å². The van der Waals surface area contributed by atoms with Crippen LogP contribution in [0.1, 0.15) is 11.1 Å². The van der Waals surface area contributed by atoms with E-state index in [4.69, 9.17) is 9.97 Å². The van der Waals surface area contributed by atoms with Crippen molar-refractivity contribution < 1.29 is 0 Å². The number of hydrogen-bond acceptors (Lipinski definition) is 2. The van der Waals surface area contributed by atoms with Crippen LogP contribution in [0, 0.1) is 0 Å². The Morgan fingerprint density at radius 1 is 0.517 bits per heavy atom. The first-order valence-electron chi connectivity index (χ1n) is 9.83. The van der Waals surface area contributed by atoms with E-state index in [1.165, 1.54) is 11.1 Å². The summed E-state index contributed by atoms with van der Waals surface area (Å²) in [7, 11) is 0. The molecule has 1 heterocycles. The molecule has 0 spiro atoms. The molecule has 0 radical (unpaired) electrons. The van der Waals surface area contributed by atoms with E-state index in [-0.39, 0.29) is 0 Å². The van der Waals surface area contributed by atoms with Gasteiger partial charge in [0.1, 0.15) is 0 Å². The van der Waals surface area contributed by atoms with Crippen LogP contribution in [0.2, 0.25) is 0 Å². The molecule has 5 rings (SSSR count). The minimum absolute atomic E-state index is 0.762. The number of nitrogens with zero attached hydrogens (tertiary/aromatic N) is 2. The third-order valence-electron chi connectivity index (χ3n) is 5.13. The van der Waals surface area contributed by atoms with E-state index < -0.39 is 0 Å². The van der Waals surface area contributed by atoms with Crippen molar-refractivity contribution in [1.29, 1.82) is 0 Å². The van der Waals surface area contributed by atoms with Gasteiger partial charge in [-0.1, -0.05) is 109 Å². The Bertz CT molecular complexity index is 1250. The highest BCUT2D eigenvalue weighted by Crippen LogP contribution is 2.31. The lowest BCUT2D eigenvalue weighted by Crippen LogP contribution is -1.99. The lowest BCUT2D eigenvalue weighted by molar-refractivity contribution is 1.17. The van der Waals surface area contributed by atoms with E-state index in [9.17, 15) is 0 Å². The molecule has 0 fully saturated rings. The van der Waals surface area contributed by atoms with Gasteiger partial charge in [-0.15, -0.1) is 0 Å². The maximum Gasteiger partial charge on any atom is 0.160 e. The van der Waals surface area contributed by atoms with Gasteiger partial charge in [-0.3, -0.25) is 0 Å². The van der Waals surface area contributed by atoms with Crippen LogP contribution in [0.4, 0.5) is 0 Å². The average Bonchev–Trinajstić information content (AvgIpc) is 2.80. The quantitative estimate of drug-likeness (QED) is 0.357. The Morgan fingerprint density at radius 3 is 1.83 bits per heavy atom. The molecule has 0 aliphatic carbocycles. The topological polar surface area (TPSA) is 25.8 Å². The molecule has 29 heavy (non-hydrogen) atoms. The van der Waals surface area contributed by atoms with Gasteiger partial charge >= 0.3 is 0 Å². The first-order chi connectivity index (χ1) is 14.4. The molecule has 0 atom stereocenters. The Morgan fingerprint density at radius 2 is 1.14 bits per heavy atom. The number of rotatable bonds is 4. The van der Waals surface area contributed by atoms with Crippen LogP contribution < -0.4 is 0 Å². The maximum absolute atomic E-state index is 5.02. The lowest BCUT2D eigenvalue weighted by atomic mass is 9.99. The van der Waals surface area contributed by atoms with E-state index in [0.29, 0.717) is 0 Å². The monoisotopic (exact) mass is 372 g/mol. The molecule has 2 heteroatoms. The molecule has 4 aromatic carbocycles. The first kappa shape index (κ1) is 17.3. The zero-order valence-electron chi connectivity index (χ0n) is 16.0. The summed E-state index contributed by atoms with van der Waals surface area (Å²) in [4.78, 5) is 10.00. The smallest absolute Gasteiger partial charge is 0.160 e. The van der Waals surface area contributed by atoms with E-state index >= 15 is 0 Å². The van der Waals surface area contributed by atoms with Crippen molar-refractivity contribution in [2.75, 3.05) is 0 Å². The summed E-state index contributed by atoms with van der Waals surface area (Å²) in [6, 6.07) is 37.5. The minimum Gasteiger partial charge on any atom is -0.228 e. The van der Waals surface area contributed by atoms with Gasteiger partial charge in [0.15, 0.2) is 5.82 Å². The van der Waals surface area contributed by atoms with Crippen molar-refractivity contribution in [2.24, 2.45) is 0 Å². The number of para-hydroxylation sites is 1. The molecule has 0 amide bonds. The third-order valence-corrected chi connectivity index (χ3v) is 5.13. The molecule has 0 aliphatic heterocycles. The molecule has 138 valence electrons. The van der Waals surface area contributed by atoms with Gasteiger partial charge in [0, 0.05) is 16.5 Å². The SMILES string of the molecule is c1ccc(Cc2cccc3c(-c4ccccc4)nc(-c4ccccc4)nc23)cc1. The van der Waals surface area contributed by atoms with Crippen LogP contribution in [0.25, 0.3) is 33.5 Å². The van der Waals surface area contributed by atoms with Crippen molar-refractivity contribution in [1.82, 2.24) is 9.97 Å². The molecular weight excluding hydrogens is 352 g/mol. The predicted octanol–water partition coefficient (Wildman–Crippen LogP) is 6.55. The highest BCUT2D eigenvalue weighted by molar-refractivity contribution is 5.95. The number of benzene rings is 4. The standard InChI is InChI=1S/C27H20N2/c1-4-11-20(12-5-1)19-23-17-10-18-24-25(21-13-6-2-7-14-21)28-27(29-26(23)24)22-15-8-3-9-16-22/h1-18H,19H2. The molecular formula is C27H20N2. The number of aromatic nitrogens is 2. The molecule has 0 N–H and O–H groups in total. The fourth-order valence-electron chi connectivity index (χ4n) is 3.70. The normalized spacial score (nSPS) is 10.9. The molecule has 0 aliphatic rings. The van der Waals surface area contributed by atoms with Crippen LogP contribution in [0.3, 0.4) is 0 Å². The number of hydrogen-bond donors (Lipinski definition) is 0. The highest BCUT2D eigenvalue weighted by Gasteiger charge is 2.14. The summed E-state index contributed by atoms with van der Waals surface area (Å²) in [6.07, 6.45) is 0.845. The van der Waals surface area contributed by atoms with Gasteiger partial charge in [-0.05, 0) is 17.5 Å². The van der Waals surface area contributed by atoms with Gasteiger partial charge in [0.25, 0.3) is 0 Å². The van der Waals surface area contributed by atoms with E-state index in [1.807, 2.05) is 24.3 Å². The van der Waals surface area contributed by atoms with Gasteiger partial charge in [0.2, 0.25) is 0 Å². The Hall–Kier alpha value is -3.78. The Balaban J connectivity index is 1.76. The van der Waals surface area contributed by atoms with Crippen molar-refractivity contribution in [3.63, 3.8) is 0 Å². The fraction of sp³-hybridized carbons (Fsp3) is 0.0370. The first-order valence-corrected chi connectivity index (χ1v) is 9.83. The zero-order valence-corrected chi connectivity index (χ0v) is 16.0. The molecule has 5 aromatic rings. The molecule has 1 aromatic heterocycles. The number of fused-ring (bicyclic) bond motifs is 1. The van der Waals surface area contributed by atoms with Crippen LogP contribution in [-0.2, 0) is 6.42 Å². The average molecular weight is 372 g/mol. The Kier molecular flexibility index (Phi) is 4.59. The summed E-state index contributed by atoms with van der Waals surface area (Å²) in [6.45, 7) is 0. The van der Waals surface area contributed by atoms with E-state index in [1.54, 1.807) is 0 Å². The molecule has 0 saturated carbocycles. The Labute approximate surface area is 170 Å². The second kappa shape index (κ2) is 7.69. The summed E-state index contributed by atoms with van der Waals surface area (Å²) in [5, 5.41) is 1.09. The van der Waals surface area contributed by atoms with Crippen molar-refractivity contribution >= 4 is 10.9 Å². The van der Waals surface area contributed by atoms with Crippen molar-refractivity contribution in [3.05, 3.63) is 120 Å². The molecule has 0 saturated heterocycles. The maximum atomic E-state index is 5.02. The fourth-order valence-corrected chi connectivity index (χ4v) is 3.70. The van der Waals surface area contributed by atoms with Crippen LogP contribution in [0.5, 0.6) is 0 Å². The zero-order chi connectivity index (χ0) is 19.5. The largest absolute Gasteiger partial charge is 0.228 e. The van der Waals surface area contributed by atoms with E-state index in [0.717, 1.165) is 40.0 Å². The molecule has 0 unspecified atom stereocenters. The van der Waals surface area contributed by atoms with Gasteiger partial charge in [-0.2, -0.15) is 0 Å². The highest BCUT2D eigenvalue weighted by atomic mass is 14.9. The molecule has 0 bridgehead atoms. The summed E-state index contributed by atoms with van der Waals surface area (Å²) in [5.41, 5.74) is 6.62. The summed E-state index contributed by atoms with van der Waals surface area (Å²) < 4.78 is 0. The lowest BCUT2D eigenvalue weighted by Gasteiger charge is -2.12. The van der Waals surface area contributed by atoms with Crippen molar-refractivity contribution in [3.8, 4) is 22.6 Å². The minimum atomic E-state index is 0.762. The van der Waals surface area contributed by atoms with E-state index in [2.05, 4.69) is 84.9 Å². The second-order valence-corrected chi connectivity index (χ2v) is 7.10. The van der Waals surface area contributed by atoms with Crippen molar-refractivity contribution in [2.45, 2.75) is 6.42 Å². The summed E-state index contributed by atoms with van der Waals surface area (Å²) in [5.74, 6) is 0.762. The second-order valence-electron chi connectivity index (χ2n) is 7.10. The molecule has 2 nitrogen and oxygen atoms in total. The third kappa shape index (κ3) is 3.53. The van der Waals surface area contributed by atoms with Gasteiger partial charge < -0.3 is 0 Å². The predicted molar refractivity (Wildman–Crippen MR) is 120 cm³/mol.